The van der Waals surface area contributed by atoms with Crippen LogP contribution in [0.2, 0.25) is 0 Å². The molecule has 6 heteroatoms. The van der Waals surface area contributed by atoms with Gasteiger partial charge < -0.3 is 10.1 Å². The zero-order valence-electron chi connectivity index (χ0n) is 11.0. The molecule has 18 heavy (non-hydrogen) atoms. The van der Waals surface area contributed by atoms with E-state index in [2.05, 4.69) is 17.0 Å². The maximum atomic E-state index is 12.1. The van der Waals surface area contributed by atoms with Gasteiger partial charge in [0.15, 0.2) is 0 Å². The lowest BCUT2D eigenvalue weighted by molar-refractivity contribution is 0.0303. The molecule has 2 rings (SSSR count). The van der Waals surface area contributed by atoms with E-state index in [0.717, 1.165) is 38.6 Å². The van der Waals surface area contributed by atoms with Crippen molar-refractivity contribution in [2.24, 2.45) is 0 Å². The van der Waals surface area contributed by atoms with E-state index in [1.165, 1.54) is 0 Å². The third-order valence-corrected chi connectivity index (χ3v) is 5.15. The molecule has 3 unspecified atom stereocenters. The van der Waals surface area contributed by atoms with Crippen LogP contribution >= 0.6 is 0 Å². The van der Waals surface area contributed by atoms with Gasteiger partial charge in [-0.2, -0.15) is 0 Å². The molecule has 0 amide bonds. The zero-order valence-corrected chi connectivity index (χ0v) is 11.8. The fourth-order valence-corrected chi connectivity index (χ4v) is 4.30. The molecule has 2 saturated heterocycles. The molecule has 0 aliphatic carbocycles. The minimum Gasteiger partial charge on any atom is -0.377 e. The van der Waals surface area contributed by atoms with Crippen LogP contribution in [0.15, 0.2) is 0 Å². The third-order valence-electron chi connectivity index (χ3n) is 3.65. The lowest BCUT2D eigenvalue weighted by Gasteiger charge is -2.29. The molecule has 2 aliphatic heterocycles. The minimum absolute atomic E-state index is 0.0786. The topological polar surface area (TPSA) is 67.4 Å². The molecule has 0 aromatic rings. The fourth-order valence-electron chi connectivity index (χ4n) is 2.72. The smallest absolute Gasteiger partial charge is 0.214 e. The van der Waals surface area contributed by atoms with Crippen molar-refractivity contribution in [3.8, 4) is 0 Å². The van der Waals surface area contributed by atoms with Crippen molar-refractivity contribution in [2.75, 3.05) is 18.9 Å². The standard InChI is InChI=1S/C12H24N2O3S/c1-10-8-11(5-6-13-10)14-18(15,16)9-12-4-2-3-7-17-12/h10-14H,2-9H2,1H3. The van der Waals surface area contributed by atoms with Gasteiger partial charge in [-0.1, -0.05) is 0 Å². The molecular formula is C12H24N2O3S. The van der Waals surface area contributed by atoms with E-state index in [1.54, 1.807) is 0 Å². The Morgan fingerprint density at radius 1 is 1.33 bits per heavy atom. The van der Waals surface area contributed by atoms with Crippen LogP contribution in [0, 0.1) is 0 Å². The Labute approximate surface area is 110 Å². The van der Waals surface area contributed by atoms with Gasteiger partial charge in [0.25, 0.3) is 0 Å². The molecule has 2 N–H and O–H groups in total. The highest BCUT2D eigenvalue weighted by atomic mass is 32.2. The van der Waals surface area contributed by atoms with Gasteiger partial charge >= 0.3 is 0 Å². The van der Waals surface area contributed by atoms with Crippen LogP contribution in [-0.4, -0.2) is 45.5 Å². The van der Waals surface area contributed by atoms with E-state index < -0.39 is 10.0 Å². The van der Waals surface area contributed by atoms with E-state index >= 15 is 0 Å². The van der Waals surface area contributed by atoms with Gasteiger partial charge in [-0.3, -0.25) is 0 Å². The first-order valence-electron chi connectivity index (χ1n) is 6.90. The van der Waals surface area contributed by atoms with Crippen LogP contribution in [0.5, 0.6) is 0 Å². The van der Waals surface area contributed by atoms with Crippen molar-refractivity contribution in [3.63, 3.8) is 0 Å². The van der Waals surface area contributed by atoms with Crippen LogP contribution in [0.25, 0.3) is 0 Å². The number of hydrogen-bond donors (Lipinski definition) is 2. The Bertz CT molecular complexity index is 352. The normalized spacial score (nSPS) is 34.4. The predicted molar refractivity (Wildman–Crippen MR) is 71.0 cm³/mol. The van der Waals surface area contributed by atoms with Gasteiger partial charge in [0.1, 0.15) is 0 Å². The van der Waals surface area contributed by atoms with Crippen molar-refractivity contribution in [3.05, 3.63) is 0 Å². The second-order valence-corrected chi connectivity index (χ2v) is 7.26. The first-order valence-corrected chi connectivity index (χ1v) is 8.55. The summed E-state index contributed by atoms with van der Waals surface area (Å²) in [7, 11) is -3.21. The van der Waals surface area contributed by atoms with Crippen molar-refractivity contribution < 1.29 is 13.2 Å². The van der Waals surface area contributed by atoms with E-state index in [-0.39, 0.29) is 17.9 Å². The van der Waals surface area contributed by atoms with Crippen molar-refractivity contribution in [2.45, 2.75) is 57.2 Å². The molecule has 0 aromatic carbocycles. The van der Waals surface area contributed by atoms with Crippen LogP contribution in [0.4, 0.5) is 0 Å². The molecule has 5 nitrogen and oxygen atoms in total. The van der Waals surface area contributed by atoms with Gasteiger partial charge in [0.05, 0.1) is 11.9 Å². The van der Waals surface area contributed by atoms with Crippen molar-refractivity contribution >= 4 is 10.0 Å². The van der Waals surface area contributed by atoms with Gasteiger partial charge in [-0.05, 0) is 45.6 Å². The molecule has 106 valence electrons. The lowest BCUT2D eigenvalue weighted by atomic mass is 10.0. The summed E-state index contributed by atoms with van der Waals surface area (Å²) in [5.41, 5.74) is 0. The molecule has 0 spiro atoms. The zero-order chi connectivity index (χ0) is 13.0. The SMILES string of the molecule is CC1CC(NS(=O)(=O)CC2CCCCO2)CCN1. The number of nitrogens with one attached hydrogen (secondary N) is 2. The first-order chi connectivity index (χ1) is 8.55. The molecule has 0 aromatic heterocycles. The van der Waals surface area contributed by atoms with E-state index in [1.807, 2.05) is 0 Å². The average molecular weight is 276 g/mol. The molecule has 0 bridgehead atoms. The van der Waals surface area contributed by atoms with E-state index in [9.17, 15) is 8.42 Å². The fraction of sp³-hybridized carbons (Fsp3) is 1.00. The van der Waals surface area contributed by atoms with Crippen molar-refractivity contribution in [1.29, 1.82) is 0 Å². The monoisotopic (exact) mass is 276 g/mol. The number of sulfonamides is 1. The quantitative estimate of drug-likeness (QED) is 0.790. The summed E-state index contributed by atoms with van der Waals surface area (Å²) in [5.74, 6) is 0.116. The van der Waals surface area contributed by atoms with Crippen LogP contribution in [0.3, 0.4) is 0 Å². The molecular weight excluding hydrogens is 252 g/mol. The number of ether oxygens (including phenoxy) is 1. The highest BCUT2D eigenvalue weighted by Gasteiger charge is 2.26. The van der Waals surface area contributed by atoms with Crippen LogP contribution < -0.4 is 10.0 Å². The summed E-state index contributed by atoms with van der Waals surface area (Å²) in [5, 5.41) is 3.32. The van der Waals surface area contributed by atoms with Gasteiger partial charge in [-0.15, -0.1) is 0 Å². The third kappa shape index (κ3) is 4.50. The van der Waals surface area contributed by atoms with Gasteiger partial charge in [0.2, 0.25) is 10.0 Å². The van der Waals surface area contributed by atoms with E-state index in [0.29, 0.717) is 12.6 Å². The van der Waals surface area contributed by atoms with Gasteiger partial charge in [-0.25, -0.2) is 13.1 Å². The Morgan fingerprint density at radius 3 is 2.83 bits per heavy atom. The summed E-state index contributed by atoms with van der Waals surface area (Å²) in [4.78, 5) is 0. The molecule has 2 heterocycles. The van der Waals surface area contributed by atoms with Crippen LogP contribution in [-0.2, 0) is 14.8 Å². The summed E-state index contributed by atoms with van der Waals surface area (Å²) >= 11 is 0. The predicted octanol–water partition coefficient (Wildman–Crippen LogP) is 0.615. The highest BCUT2D eigenvalue weighted by Crippen LogP contribution is 2.15. The van der Waals surface area contributed by atoms with Crippen LogP contribution in [0.1, 0.15) is 39.0 Å². The molecule has 0 saturated carbocycles. The lowest BCUT2D eigenvalue weighted by Crippen LogP contribution is -2.48. The van der Waals surface area contributed by atoms with Crippen molar-refractivity contribution in [1.82, 2.24) is 10.0 Å². The average Bonchev–Trinajstić information content (AvgIpc) is 2.28. The Hall–Kier alpha value is -0.170. The molecule has 0 radical (unpaired) electrons. The maximum absolute atomic E-state index is 12.1. The largest absolute Gasteiger partial charge is 0.377 e. The number of rotatable bonds is 4. The summed E-state index contributed by atoms with van der Waals surface area (Å²) in [6.07, 6.45) is 4.61. The molecule has 2 aliphatic rings. The molecule has 3 atom stereocenters. The second-order valence-electron chi connectivity index (χ2n) is 5.46. The highest BCUT2D eigenvalue weighted by molar-refractivity contribution is 7.89. The Kier molecular flexibility index (Phi) is 5.00. The molecule has 2 fully saturated rings. The second kappa shape index (κ2) is 6.32. The summed E-state index contributed by atoms with van der Waals surface area (Å²) in [6, 6.07) is 0.465. The Balaban J connectivity index is 1.82. The summed E-state index contributed by atoms with van der Waals surface area (Å²) < 4.78 is 32.4. The van der Waals surface area contributed by atoms with Gasteiger partial charge in [0, 0.05) is 18.7 Å². The Morgan fingerprint density at radius 2 is 2.17 bits per heavy atom. The van der Waals surface area contributed by atoms with E-state index in [4.69, 9.17) is 4.74 Å². The summed E-state index contributed by atoms with van der Waals surface area (Å²) in [6.45, 7) is 3.67. The first kappa shape index (κ1) is 14.2. The maximum Gasteiger partial charge on any atom is 0.214 e. The number of piperidine rings is 1. The number of hydrogen-bond acceptors (Lipinski definition) is 4. The minimum atomic E-state index is -3.21.